The van der Waals surface area contributed by atoms with Crippen LogP contribution < -0.4 is 10.1 Å². The molecule has 112 valence electrons. The Kier molecular flexibility index (Phi) is 6.97. The number of ether oxygens (including phenoxy) is 1. The lowest BCUT2D eigenvalue weighted by molar-refractivity contribution is -0.128. The Morgan fingerprint density at radius 3 is 2.70 bits per heavy atom. The summed E-state index contributed by atoms with van der Waals surface area (Å²) < 4.78 is 18.0. The van der Waals surface area contributed by atoms with Crippen molar-refractivity contribution in [2.24, 2.45) is 0 Å². The first kappa shape index (κ1) is 16.4. The van der Waals surface area contributed by atoms with Crippen LogP contribution in [0.5, 0.6) is 5.75 Å². The minimum absolute atomic E-state index is 0.0286. The minimum atomic E-state index is -0.736. The van der Waals surface area contributed by atoms with Crippen molar-refractivity contribution in [1.82, 2.24) is 10.2 Å². The molecule has 0 heterocycles. The van der Waals surface area contributed by atoms with Crippen molar-refractivity contribution in [3.8, 4) is 5.75 Å². The van der Waals surface area contributed by atoms with Crippen molar-refractivity contribution >= 4 is 5.91 Å². The van der Waals surface area contributed by atoms with Gasteiger partial charge in [0.2, 0.25) is 5.91 Å². The monoisotopic (exact) mass is 284 g/mol. The number of nitrogens with zero attached hydrogens (tertiary/aromatic N) is 1. The topological polar surface area (TPSA) is 61.8 Å². The number of nitrogens with one attached hydrogen (secondary N) is 1. The average molecular weight is 284 g/mol. The van der Waals surface area contributed by atoms with E-state index in [2.05, 4.69) is 5.32 Å². The van der Waals surface area contributed by atoms with E-state index >= 15 is 0 Å². The second-order valence-electron chi connectivity index (χ2n) is 4.46. The van der Waals surface area contributed by atoms with Gasteiger partial charge in [-0.3, -0.25) is 4.79 Å². The number of hydrogen-bond donors (Lipinski definition) is 2. The van der Waals surface area contributed by atoms with Gasteiger partial charge in [-0.15, -0.1) is 0 Å². The highest BCUT2D eigenvalue weighted by Gasteiger charge is 2.09. The fourth-order valence-corrected chi connectivity index (χ4v) is 1.44. The minimum Gasteiger partial charge on any atom is -0.491 e. The van der Waals surface area contributed by atoms with Gasteiger partial charge in [0.1, 0.15) is 24.3 Å². The molecule has 0 saturated carbocycles. The number of aliphatic hydroxyl groups excluding tert-OH is 1. The summed E-state index contributed by atoms with van der Waals surface area (Å²) in [6.45, 7) is 3.05. The molecule has 1 amide bonds. The van der Waals surface area contributed by atoms with Crippen LogP contribution in [0.25, 0.3) is 0 Å². The van der Waals surface area contributed by atoms with Gasteiger partial charge in [0.05, 0.1) is 6.54 Å². The zero-order valence-electron chi connectivity index (χ0n) is 11.8. The molecule has 0 saturated heterocycles. The molecule has 1 aromatic rings. The summed E-state index contributed by atoms with van der Waals surface area (Å²) in [5, 5.41) is 12.6. The van der Waals surface area contributed by atoms with Gasteiger partial charge in [0.15, 0.2) is 0 Å². The lowest BCUT2D eigenvalue weighted by Gasteiger charge is -2.16. The third-order valence-corrected chi connectivity index (χ3v) is 2.81. The molecule has 1 rings (SSSR count). The summed E-state index contributed by atoms with van der Waals surface area (Å²) in [5.74, 6) is 0.129. The van der Waals surface area contributed by atoms with E-state index in [-0.39, 0.29) is 31.4 Å². The Morgan fingerprint density at radius 2 is 2.10 bits per heavy atom. The number of halogens is 1. The van der Waals surface area contributed by atoms with Gasteiger partial charge in [-0.2, -0.15) is 0 Å². The first-order valence-corrected chi connectivity index (χ1v) is 6.54. The van der Waals surface area contributed by atoms with Crippen LogP contribution in [0, 0.1) is 5.82 Å². The van der Waals surface area contributed by atoms with Crippen molar-refractivity contribution in [2.45, 2.75) is 13.0 Å². The first-order chi connectivity index (χ1) is 9.52. The fourth-order valence-electron chi connectivity index (χ4n) is 1.44. The summed E-state index contributed by atoms with van der Waals surface area (Å²) in [4.78, 5) is 13.1. The molecule has 0 spiro atoms. The Bertz CT molecular complexity index is 411. The Morgan fingerprint density at radius 1 is 1.45 bits per heavy atom. The van der Waals surface area contributed by atoms with Crippen LogP contribution in [-0.4, -0.2) is 55.3 Å². The molecule has 5 nitrogen and oxygen atoms in total. The van der Waals surface area contributed by atoms with Crippen molar-refractivity contribution in [2.75, 3.05) is 33.3 Å². The molecule has 1 atom stereocenters. The maximum atomic E-state index is 12.7. The van der Waals surface area contributed by atoms with Crippen LogP contribution in [0.4, 0.5) is 4.39 Å². The highest BCUT2D eigenvalue weighted by Crippen LogP contribution is 2.11. The molecule has 0 fully saturated rings. The molecule has 20 heavy (non-hydrogen) atoms. The smallest absolute Gasteiger partial charge is 0.236 e. The first-order valence-electron chi connectivity index (χ1n) is 6.54. The van der Waals surface area contributed by atoms with Crippen LogP contribution in [0.15, 0.2) is 24.3 Å². The molecule has 1 aromatic carbocycles. The number of amides is 1. The summed E-state index contributed by atoms with van der Waals surface area (Å²) in [5.41, 5.74) is 0. The van der Waals surface area contributed by atoms with Gasteiger partial charge in [-0.05, 0) is 31.2 Å². The second-order valence-corrected chi connectivity index (χ2v) is 4.46. The summed E-state index contributed by atoms with van der Waals surface area (Å²) in [6.07, 6.45) is -0.736. The molecule has 0 aliphatic carbocycles. The predicted molar refractivity (Wildman–Crippen MR) is 74.1 cm³/mol. The van der Waals surface area contributed by atoms with E-state index in [9.17, 15) is 14.3 Å². The van der Waals surface area contributed by atoms with Crippen molar-refractivity contribution < 1.29 is 19.0 Å². The number of aliphatic hydroxyl groups is 1. The molecular weight excluding hydrogens is 263 g/mol. The van der Waals surface area contributed by atoms with Crippen molar-refractivity contribution in [3.05, 3.63) is 30.1 Å². The lowest BCUT2D eigenvalue weighted by atomic mass is 10.3. The van der Waals surface area contributed by atoms with Gasteiger partial charge >= 0.3 is 0 Å². The third kappa shape index (κ3) is 5.99. The van der Waals surface area contributed by atoms with Crippen LogP contribution in [0.3, 0.4) is 0 Å². The van der Waals surface area contributed by atoms with E-state index in [1.54, 1.807) is 11.9 Å². The summed E-state index contributed by atoms with van der Waals surface area (Å²) >= 11 is 0. The van der Waals surface area contributed by atoms with E-state index < -0.39 is 6.10 Å². The number of hydrogen-bond acceptors (Lipinski definition) is 4. The molecule has 6 heteroatoms. The predicted octanol–water partition coefficient (Wildman–Crippen LogP) is 0.633. The number of likely N-dealkylation sites (N-methyl/N-ethyl adjacent to an activating group) is 1. The molecule has 0 aliphatic heterocycles. The molecule has 1 unspecified atom stereocenters. The third-order valence-electron chi connectivity index (χ3n) is 2.81. The largest absolute Gasteiger partial charge is 0.491 e. The maximum Gasteiger partial charge on any atom is 0.236 e. The average Bonchev–Trinajstić information content (AvgIpc) is 2.45. The molecule has 0 bridgehead atoms. The molecule has 2 N–H and O–H groups in total. The molecule has 0 radical (unpaired) electrons. The number of rotatable bonds is 8. The highest BCUT2D eigenvalue weighted by molar-refractivity contribution is 5.77. The van der Waals surface area contributed by atoms with E-state index in [1.165, 1.54) is 24.3 Å². The van der Waals surface area contributed by atoms with Crippen LogP contribution in [-0.2, 0) is 4.79 Å². The van der Waals surface area contributed by atoms with Crippen LogP contribution in [0.1, 0.15) is 6.92 Å². The summed E-state index contributed by atoms with van der Waals surface area (Å²) in [6, 6.07) is 5.57. The van der Waals surface area contributed by atoms with E-state index in [4.69, 9.17) is 4.74 Å². The second kappa shape index (κ2) is 8.50. The van der Waals surface area contributed by atoms with Crippen molar-refractivity contribution in [1.29, 1.82) is 0 Å². The zero-order valence-corrected chi connectivity index (χ0v) is 11.8. The normalized spacial score (nSPS) is 12.0. The maximum absolute atomic E-state index is 12.7. The van der Waals surface area contributed by atoms with E-state index in [0.717, 1.165) is 0 Å². The zero-order chi connectivity index (χ0) is 15.0. The number of benzene rings is 1. The number of carbonyl (C=O) groups is 1. The Labute approximate surface area is 118 Å². The van der Waals surface area contributed by atoms with Gasteiger partial charge in [-0.1, -0.05) is 0 Å². The van der Waals surface area contributed by atoms with E-state index in [1.807, 2.05) is 6.92 Å². The number of carbonyl (C=O) groups excluding carboxylic acids is 1. The van der Waals surface area contributed by atoms with Gasteiger partial charge in [0, 0.05) is 20.1 Å². The molecule has 0 aliphatic rings. The van der Waals surface area contributed by atoms with E-state index in [0.29, 0.717) is 12.3 Å². The van der Waals surface area contributed by atoms with Gasteiger partial charge in [-0.25, -0.2) is 4.39 Å². The van der Waals surface area contributed by atoms with Crippen LogP contribution in [0.2, 0.25) is 0 Å². The van der Waals surface area contributed by atoms with Gasteiger partial charge in [0.25, 0.3) is 0 Å². The Hall–Kier alpha value is -1.66. The lowest BCUT2D eigenvalue weighted by Crippen LogP contribution is -2.39. The standard InChI is InChI=1S/C14H21FN2O3/c1-3-17(2)14(19)9-16-8-12(18)10-20-13-6-4-11(15)5-7-13/h4-7,12,16,18H,3,8-10H2,1-2H3. The molecule has 0 aromatic heterocycles. The SMILES string of the molecule is CCN(C)C(=O)CNCC(O)COc1ccc(F)cc1. The molecular formula is C14H21FN2O3. The van der Waals surface area contributed by atoms with Crippen molar-refractivity contribution in [3.63, 3.8) is 0 Å². The highest BCUT2D eigenvalue weighted by atomic mass is 19.1. The summed E-state index contributed by atoms with van der Waals surface area (Å²) in [7, 11) is 1.72. The van der Waals surface area contributed by atoms with Gasteiger partial charge < -0.3 is 20.1 Å². The quantitative estimate of drug-likeness (QED) is 0.735. The fraction of sp³-hybridized carbons (Fsp3) is 0.500. The Balaban J connectivity index is 2.19. The van der Waals surface area contributed by atoms with Crippen LogP contribution >= 0.6 is 0 Å².